The fourth-order valence-electron chi connectivity index (χ4n) is 1.89. The van der Waals surface area contributed by atoms with Crippen LogP contribution in [0.3, 0.4) is 0 Å². The Morgan fingerprint density at radius 1 is 1.11 bits per heavy atom. The number of hydrogen-bond donors (Lipinski definition) is 0. The fourth-order valence-corrected chi connectivity index (χ4v) is 2.40. The highest BCUT2D eigenvalue weighted by molar-refractivity contribution is 9.09. The van der Waals surface area contributed by atoms with E-state index in [4.69, 9.17) is 4.74 Å². The minimum atomic E-state index is -0.425. The van der Waals surface area contributed by atoms with Gasteiger partial charge in [-0.2, -0.15) is 0 Å². The summed E-state index contributed by atoms with van der Waals surface area (Å²) >= 11 is 3.43. The van der Waals surface area contributed by atoms with Gasteiger partial charge in [0.15, 0.2) is 0 Å². The van der Waals surface area contributed by atoms with Crippen molar-refractivity contribution in [3.8, 4) is 0 Å². The Balaban J connectivity index is 2.38. The van der Waals surface area contributed by atoms with E-state index in [-0.39, 0.29) is 12.1 Å². The number of esters is 1. The summed E-state index contributed by atoms with van der Waals surface area (Å²) in [6.45, 7) is 3.70. The van der Waals surface area contributed by atoms with Gasteiger partial charge in [0.2, 0.25) is 0 Å². The van der Waals surface area contributed by atoms with Gasteiger partial charge in [-0.1, -0.05) is 58.4 Å². The van der Waals surface area contributed by atoms with Gasteiger partial charge in [-0.05, 0) is 30.2 Å². The Kier molecular flexibility index (Phi) is 4.02. The number of fused-ring (bicyclic) bond motifs is 1. The molecule has 3 heteroatoms. The van der Waals surface area contributed by atoms with E-state index in [1.165, 1.54) is 0 Å². The van der Waals surface area contributed by atoms with Crippen molar-refractivity contribution in [2.24, 2.45) is 0 Å². The Hall–Kier alpha value is -1.35. The molecule has 0 N–H and O–H groups in total. The molecule has 0 aliphatic rings. The van der Waals surface area contributed by atoms with Crippen LogP contribution in [0, 0.1) is 0 Å². The van der Waals surface area contributed by atoms with Crippen LogP contribution in [0.5, 0.6) is 0 Å². The van der Waals surface area contributed by atoms with E-state index in [0.717, 1.165) is 16.3 Å². The maximum absolute atomic E-state index is 11.9. The first-order valence-corrected chi connectivity index (χ1v) is 6.83. The molecule has 0 heterocycles. The summed E-state index contributed by atoms with van der Waals surface area (Å²) in [5.74, 6) is -0.249. The number of hydrogen-bond acceptors (Lipinski definition) is 2. The highest BCUT2D eigenvalue weighted by Crippen LogP contribution is 2.31. The zero-order valence-corrected chi connectivity index (χ0v) is 12.0. The van der Waals surface area contributed by atoms with Crippen molar-refractivity contribution in [3.05, 3.63) is 48.0 Å². The highest BCUT2D eigenvalue weighted by atomic mass is 79.9. The third-order valence-electron chi connectivity index (χ3n) is 2.66. The highest BCUT2D eigenvalue weighted by Gasteiger charge is 2.21. The number of halogens is 1. The molecule has 0 radical (unpaired) electrons. The predicted molar refractivity (Wildman–Crippen MR) is 76.8 cm³/mol. The van der Waals surface area contributed by atoms with Crippen LogP contribution >= 0.6 is 15.9 Å². The number of ether oxygens (including phenoxy) is 1. The molecular weight excluding hydrogens is 292 g/mol. The summed E-state index contributed by atoms with van der Waals surface area (Å²) in [6, 6.07) is 13.9. The molecule has 94 valence electrons. The van der Waals surface area contributed by atoms with Gasteiger partial charge in [-0.25, -0.2) is 0 Å². The molecule has 18 heavy (non-hydrogen) atoms. The van der Waals surface area contributed by atoms with Crippen LogP contribution in [0.15, 0.2) is 42.5 Å². The lowest BCUT2D eigenvalue weighted by atomic mass is 10.0. The van der Waals surface area contributed by atoms with Gasteiger partial charge in [0.05, 0.1) is 6.10 Å². The van der Waals surface area contributed by atoms with Crippen molar-refractivity contribution in [1.29, 1.82) is 0 Å². The van der Waals surface area contributed by atoms with E-state index in [1.54, 1.807) is 0 Å². The van der Waals surface area contributed by atoms with E-state index < -0.39 is 4.83 Å². The van der Waals surface area contributed by atoms with Crippen molar-refractivity contribution < 1.29 is 9.53 Å². The average molecular weight is 307 g/mol. The number of rotatable bonds is 3. The summed E-state index contributed by atoms with van der Waals surface area (Å²) in [5.41, 5.74) is 0.943. The van der Waals surface area contributed by atoms with Gasteiger partial charge in [0.1, 0.15) is 4.83 Å². The molecule has 0 aromatic heterocycles. The normalized spacial score (nSPS) is 12.7. The number of carbonyl (C=O) groups is 1. The molecular formula is C15H15BrO2. The Morgan fingerprint density at radius 3 is 2.50 bits per heavy atom. The third-order valence-corrected chi connectivity index (χ3v) is 3.52. The van der Waals surface area contributed by atoms with Crippen LogP contribution in [0.4, 0.5) is 0 Å². The molecule has 2 rings (SSSR count). The number of carbonyl (C=O) groups excluding carboxylic acids is 1. The summed E-state index contributed by atoms with van der Waals surface area (Å²) in [7, 11) is 0. The molecule has 0 spiro atoms. The predicted octanol–water partition coefficient (Wildman–Crippen LogP) is 4.23. The first kappa shape index (κ1) is 13.1. The van der Waals surface area contributed by atoms with E-state index in [9.17, 15) is 4.79 Å². The third kappa shape index (κ3) is 2.72. The summed E-state index contributed by atoms with van der Waals surface area (Å²) in [5, 5.41) is 2.19. The van der Waals surface area contributed by atoms with E-state index in [2.05, 4.69) is 15.9 Å². The van der Waals surface area contributed by atoms with E-state index >= 15 is 0 Å². The zero-order chi connectivity index (χ0) is 13.1. The molecule has 0 amide bonds. The molecule has 1 unspecified atom stereocenters. The molecule has 1 atom stereocenters. The van der Waals surface area contributed by atoms with Gasteiger partial charge >= 0.3 is 5.97 Å². The van der Waals surface area contributed by atoms with E-state index in [0.29, 0.717) is 0 Å². The van der Waals surface area contributed by atoms with Crippen LogP contribution in [-0.4, -0.2) is 12.1 Å². The first-order valence-electron chi connectivity index (χ1n) is 5.92. The van der Waals surface area contributed by atoms with Crippen LogP contribution in [0.1, 0.15) is 24.2 Å². The molecule has 2 aromatic rings. The van der Waals surface area contributed by atoms with Gasteiger partial charge in [0, 0.05) is 0 Å². The second-order valence-corrected chi connectivity index (χ2v) is 5.33. The second kappa shape index (κ2) is 5.53. The minimum absolute atomic E-state index is 0.104. The van der Waals surface area contributed by atoms with E-state index in [1.807, 2.05) is 56.3 Å². The average Bonchev–Trinajstić information content (AvgIpc) is 2.36. The maximum atomic E-state index is 11.9. The Bertz CT molecular complexity index is 558. The molecule has 0 fully saturated rings. The Morgan fingerprint density at radius 2 is 1.78 bits per heavy atom. The lowest BCUT2D eigenvalue weighted by Gasteiger charge is -2.14. The quantitative estimate of drug-likeness (QED) is 0.626. The standard InChI is InChI=1S/C15H15BrO2/c1-10(2)18-15(17)14(16)13-9-5-7-11-6-3-4-8-12(11)13/h3-10,14H,1-2H3. The second-order valence-electron chi connectivity index (χ2n) is 4.42. The molecule has 0 aliphatic carbocycles. The largest absolute Gasteiger partial charge is 0.462 e. The number of benzene rings is 2. The smallest absolute Gasteiger partial charge is 0.324 e. The maximum Gasteiger partial charge on any atom is 0.324 e. The van der Waals surface area contributed by atoms with Gasteiger partial charge in [-0.3, -0.25) is 4.79 Å². The first-order chi connectivity index (χ1) is 8.59. The van der Waals surface area contributed by atoms with Crippen molar-refractivity contribution in [2.75, 3.05) is 0 Å². The lowest BCUT2D eigenvalue weighted by Crippen LogP contribution is -2.16. The topological polar surface area (TPSA) is 26.3 Å². The summed E-state index contributed by atoms with van der Waals surface area (Å²) in [6.07, 6.45) is -0.104. The fraction of sp³-hybridized carbons (Fsp3) is 0.267. The molecule has 2 nitrogen and oxygen atoms in total. The zero-order valence-electron chi connectivity index (χ0n) is 10.4. The molecule has 0 aliphatic heterocycles. The molecule has 0 bridgehead atoms. The van der Waals surface area contributed by atoms with Gasteiger partial charge < -0.3 is 4.74 Å². The van der Waals surface area contributed by atoms with Crippen LogP contribution in [0.2, 0.25) is 0 Å². The van der Waals surface area contributed by atoms with Crippen molar-refractivity contribution in [3.63, 3.8) is 0 Å². The van der Waals surface area contributed by atoms with Crippen LogP contribution in [-0.2, 0) is 9.53 Å². The monoisotopic (exact) mass is 306 g/mol. The SMILES string of the molecule is CC(C)OC(=O)C(Br)c1cccc2ccccc12. The van der Waals surface area contributed by atoms with Crippen LogP contribution in [0.25, 0.3) is 10.8 Å². The van der Waals surface area contributed by atoms with Crippen molar-refractivity contribution >= 4 is 32.7 Å². The summed E-state index contributed by atoms with van der Waals surface area (Å²) in [4.78, 5) is 11.5. The Labute approximate surface area is 115 Å². The van der Waals surface area contributed by atoms with Gasteiger partial charge in [-0.15, -0.1) is 0 Å². The van der Waals surface area contributed by atoms with Crippen LogP contribution < -0.4 is 0 Å². The summed E-state index contributed by atoms with van der Waals surface area (Å²) < 4.78 is 5.23. The molecule has 2 aromatic carbocycles. The van der Waals surface area contributed by atoms with Crippen molar-refractivity contribution in [2.45, 2.75) is 24.8 Å². The molecule has 0 saturated carbocycles. The number of alkyl halides is 1. The minimum Gasteiger partial charge on any atom is -0.462 e. The van der Waals surface area contributed by atoms with Gasteiger partial charge in [0.25, 0.3) is 0 Å². The molecule has 0 saturated heterocycles. The van der Waals surface area contributed by atoms with Crippen molar-refractivity contribution in [1.82, 2.24) is 0 Å². The lowest BCUT2D eigenvalue weighted by molar-refractivity contribution is -0.146.